The third-order valence-electron chi connectivity index (χ3n) is 7.35. The number of aromatic nitrogens is 4. The molecule has 0 saturated carbocycles. The van der Waals surface area contributed by atoms with Crippen LogP contribution in [0.3, 0.4) is 0 Å². The molecule has 2 aliphatic heterocycles. The first-order valence-corrected chi connectivity index (χ1v) is 11.7. The van der Waals surface area contributed by atoms with Crippen LogP contribution in [0.4, 0.5) is 10.2 Å². The Kier molecular flexibility index (Phi) is 5.06. The number of halogens is 1. The van der Waals surface area contributed by atoms with Crippen molar-refractivity contribution >= 4 is 11.5 Å². The molecular formula is C26H27FN6. The molecule has 6 nitrogen and oxygen atoms in total. The zero-order valence-electron chi connectivity index (χ0n) is 18.5. The molecule has 4 aromatic rings. The van der Waals surface area contributed by atoms with Crippen LogP contribution in [0, 0.1) is 11.2 Å². The third-order valence-corrected chi connectivity index (χ3v) is 7.35. The van der Waals surface area contributed by atoms with Crippen molar-refractivity contribution in [2.45, 2.75) is 25.7 Å². The maximum Gasteiger partial charge on any atom is 0.155 e. The summed E-state index contributed by atoms with van der Waals surface area (Å²) in [6.45, 7) is 4.34. The Bertz CT molecular complexity index is 1250. The van der Waals surface area contributed by atoms with Crippen molar-refractivity contribution in [3.05, 3.63) is 66.7 Å². The lowest BCUT2D eigenvalue weighted by Crippen LogP contribution is -2.45. The second-order valence-electron chi connectivity index (χ2n) is 9.25. The lowest BCUT2D eigenvalue weighted by atomic mass is 9.71. The first-order valence-electron chi connectivity index (χ1n) is 11.7. The SMILES string of the molecule is Fc1ccc(-c2nc3ccc(N4CCC5(CCNCC5)CC4)nn3c2-c2ccncc2)cc1. The quantitative estimate of drug-likeness (QED) is 0.504. The molecule has 7 heteroatoms. The van der Waals surface area contributed by atoms with E-state index in [2.05, 4.69) is 21.3 Å². The van der Waals surface area contributed by atoms with Gasteiger partial charge in [-0.1, -0.05) is 0 Å². The molecule has 1 aromatic carbocycles. The van der Waals surface area contributed by atoms with Gasteiger partial charge in [-0.2, -0.15) is 0 Å². The van der Waals surface area contributed by atoms with Crippen LogP contribution in [0.15, 0.2) is 60.9 Å². The standard InChI is InChI=1S/C26H27FN6/c27-21-3-1-19(2-4-21)24-25(20-7-13-28-14-8-20)33-22(30-24)5-6-23(31-33)32-17-11-26(12-18-32)9-15-29-16-10-26/h1-8,13-14,29H,9-12,15-18H2. The monoisotopic (exact) mass is 442 g/mol. The minimum Gasteiger partial charge on any atom is -0.355 e. The maximum atomic E-state index is 13.6. The fraction of sp³-hybridized carbons (Fsp3) is 0.346. The summed E-state index contributed by atoms with van der Waals surface area (Å²) in [6, 6.07) is 14.5. The van der Waals surface area contributed by atoms with Gasteiger partial charge in [0.1, 0.15) is 17.3 Å². The van der Waals surface area contributed by atoms with E-state index >= 15 is 0 Å². The topological polar surface area (TPSA) is 58.4 Å². The van der Waals surface area contributed by atoms with Crippen molar-refractivity contribution in [1.29, 1.82) is 0 Å². The van der Waals surface area contributed by atoms with Crippen molar-refractivity contribution in [2.24, 2.45) is 5.41 Å². The Morgan fingerprint density at radius 1 is 0.818 bits per heavy atom. The van der Waals surface area contributed by atoms with Crippen molar-refractivity contribution in [1.82, 2.24) is 24.9 Å². The van der Waals surface area contributed by atoms with E-state index in [0.29, 0.717) is 5.41 Å². The Morgan fingerprint density at radius 2 is 1.55 bits per heavy atom. The predicted octanol–water partition coefficient (Wildman–Crippen LogP) is 4.57. The molecule has 2 saturated heterocycles. The van der Waals surface area contributed by atoms with Crippen molar-refractivity contribution in [3.8, 4) is 22.5 Å². The molecule has 0 unspecified atom stereocenters. The molecular weight excluding hydrogens is 415 g/mol. The highest BCUT2D eigenvalue weighted by molar-refractivity contribution is 5.81. The van der Waals surface area contributed by atoms with Crippen LogP contribution in [0.25, 0.3) is 28.2 Å². The van der Waals surface area contributed by atoms with Crippen LogP contribution < -0.4 is 10.2 Å². The summed E-state index contributed by atoms with van der Waals surface area (Å²) in [7, 11) is 0. The Morgan fingerprint density at radius 3 is 2.27 bits per heavy atom. The van der Waals surface area contributed by atoms with Crippen LogP contribution in [0.1, 0.15) is 25.7 Å². The van der Waals surface area contributed by atoms with Gasteiger partial charge >= 0.3 is 0 Å². The van der Waals surface area contributed by atoms with Crippen molar-refractivity contribution in [2.75, 3.05) is 31.1 Å². The Labute approximate surface area is 192 Å². The van der Waals surface area contributed by atoms with Gasteiger partial charge in [-0.25, -0.2) is 13.9 Å². The largest absolute Gasteiger partial charge is 0.355 e. The molecule has 2 aliphatic rings. The smallest absolute Gasteiger partial charge is 0.155 e. The van der Waals surface area contributed by atoms with Gasteiger partial charge in [0.25, 0.3) is 0 Å². The summed E-state index contributed by atoms with van der Waals surface area (Å²) in [4.78, 5) is 11.4. The second-order valence-corrected chi connectivity index (χ2v) is 9.25. The number of fused-ring (bicyclic) bond motifs is 1. The van der Waals surface area contributed by atoms with Crippen LogP contribution >= 0.6 is 0 Å². The normalized spacial score (nSPS) is 18.2. The third kappa shape index (κ3) is 3.76. The molecule has 5 heterocycles. The molecule has 0 aliphatic carbocycles. The number of hydrogen-bond acceptors (Lipinski definition) is 5. The Hall–Kier alpha value is -3.32. The van der Waals surface area contributed by atoms with Gasteiger partial charge in [-0.05, 0) is 92.7 Å². The zero-order valence-corrected chi connectivity index (χ0v) is 18.5. The van der Waals surface area contributed by atoms with E-state index in [-0.39, 0.29) is 5.82 Å². The highest BCUT2D eigenvalue weighted by atomic mass is 19.1. The molecule has 1 N–H and O–H groups in total. The number of nitrogens with zero attached hydrogens (tertiary/aromatic N) is 5. The zero-order chi connectivity index (χ0) is 22.3. The molecule has 6 rings (SSSR count). The van der Waals surface area contributed by atoms with E-state index in [1.807, 2.05) is 22.7 Å². The molecule has 168 valence electrons. The first kappa shape index (κ1) is 20.3. The van der Waals surface area contributed by atoms with E-state index in [0.717, 1.165) is 60.2 Å². The van der Waals surface area contributed by atoms with Gasteiger partial charge in [0.15, 0.2) is 5.65 Å². The fourth-order valence-electron chi connectivity index (χ4n) is 5.34. The van der Waals surface area contributed by atoms with E-state index in [1.165, 1.54) is 37.8 Å². The van der Waals surface area contributed by atoms with Crippen LogP contribution in [0.2, 0.25) is 0 Å². The van der Waals surface area contributed by atoms with E-state index in [9.17, 15) is 4.39 Å². The summed E-state index contributed by atoms with van der Waals surface area (Å²) in [6.07, 6.45) is 8.54. The minimum atomic E-state index is -0.259. The molecule has 0 radical (unpaired) electrons. The Balaban J connectivity index is 1.40. The summed E-state index contributed by atoms with van der Waals surface area (Å²) in [5.74, 6) is 0.717. The lowest BCUT2D eigenvalue weighted by Gasteiger charge is -2.44. The van der Waals surface area contributed by atoms with Crippen LogP contribution in [0.5, 0.6) is 0 Å². The van der Waals surface area contributed by atoms with Crippen LogP contribution in [-0.2, 0) is 0 Å². The first-order chi connectivity index (χ1) is 16.2. The fourth-order valence-corrected chi connectivity index (χ4v) is 5.34. The number of pyridine rings is 1. The summed E-state index contributed by atoms with van der Waals surface area (Å²) >= 11 is 0. The number of anilines is 1. The number of hydrogen-bond donors (Lipinski definition) is 1. The molecule has 33 heavy (non-hydrogen) atoms. The van der Waals surface area contributed by atoms with Gasteiger partial charge < -0.3 is 10.2 Å². The van der Waals surface area contributed by atoms with Gasteiger partial charge in [0.05, 0.1) is 5.69 Å². The minimum absolute atomic E-state index is 0.259. The van der Waals surface area contributed by atoms with E-state index in [1.54, 1.807) is 24.5 Å². The van der Waals surface area contributed by atoms with Crippen molar-refractivity contribution in [3.63, 3.8) is 0 Å². The highest BCUT2D eigenvalue weighted by Gasteiger charge is 2.36. The average Bonchev–Trinajstić information content (AvgIpc) is 3.25. The number of rotatable bonds is 3. The van der Waals surface area contributed by atoms with E-state index < -0.39 is 0 Å². The van der Waals surface area contributed by atoms with Crippen LogP contribution in [-0.4, -0.2) is 45.8 Å². The number of imidazole rings is 1. The summed E-state index contributed by atoms with van der Waals surface area (Å²) in [5, 5.41) is 8.54. The van der Waals surface area contributed by atoms with Gasteiger partial charge in [0.2, 0.25) is 0 Å². The molecule has 1 spiro atoms. The second kappa shape index (κ2) is 8.23. The van der Waals surface area contributed by atoms with Gasteiger partial charge in [-0.3, -0.25) is 4.98 Å². The molecule has 3 aromatic heterocycles. The van der Waals surface area contributed by atoms with Crippen molar-refractivity contribution < 1.29 is 4.39 Å². The maximum absolute atomic E-state index is 13.6. The predicted molar refractivity (Wildman–Crippen MR) is 128 cm³/mol. The molecule has 0 amide bonds. The molecule has 0 bridgehead atoms. The molecule has 2 fully saturated rings. The highest BCUT2D eigenvalue weighted by Crippen LogP contribution is 2.40. The number of nitrogens with one attached hydrogen (secondary N) is 1. The van der Waals surface area contributed by atoms with Gasteiger partial charge in [-0.15, -0.1) is 5.10 Å². The van der Waals surface area contributed by atoms with Gasteiger partial charge in [0, 0.05) is 36.6 Å². The van der Waals surface area contributed by atoms with E-state index in [4.69, 9.17) is 10.1 Å². The molecule has 0 atom stereocenters. The number of benzene rings is 1. The lowest BCUT2D eigenvalue weighted by molar-refractivity contribution is 0.154. The summed E-state index contributed by atoms with van der Waals surface area (Å²) < 4.78 is 15.5. The summed E-state index contributed by atoms with van der Waals surface area (Å²) in [5.41, 5.74) is 4.80. The number of piperidine rings is 2. The average molecular weight is 443 g/mol.